The average molecular weight is 374 g/mol. The van der Waals surface area contributed by atoms with E-state index in [0.717, 1.165) is 16.9 Å². The Kier molecular flexibility index (Phi) is 4.35. The third-order valence-corrected chi connectivity index (χ3v) is 4.93. The maximum absolute atomic E-state index is 13.2. The number of hydrogen-bond acceptors (Lipinski definition) is 5. The summed E-state index contributed by atoms with van der Waals surface area (Å²) < 4.78 is 16.0. The molecular formula is C23H18O5. The van der Waals surface area contributed by atoms with E-state index in [1.807, 2.05) is 24.3 Å². The molecule has 0 N–H and O–H groups in total. The van der Waals surface area contributed by atoms with Gasteiger partial charge in [-0.1, -0.05) is 24.3 Å². The van der Waals surface area contributed by atoms with Crippen LogP contribution in [0.3, 0.4) is 0 Å². The van der Waals surface area contributed by atoms with Gasteiger partial charge in [0, 0.05) is 11.1 Å². The second-order valence-electron chi connectivity index (χ2n) is 6.37. The van der Waals surface area contributed by atoms with Gasteiger partial charge in [-0.3, -0.25) is 9.59 Å². The molecule has 0 fully saturated rings. The molecule has 5 heteroatoms. The highest BCUT2D eigenvalue weighted by Gasteiger charge is 2.35. The second-order valence-corrected chi connectivity index (χ2v) is 6.37. The van der Waals surface area contributed by atoms with E-state index in [0.29, 0.717) is 22.6 Å². The molecule has 0 aliphatic heterocycles. The van der Waals surface area contributed by atoms with Crippen molar-refractivity contribution in [1.29, 1.82) is 0 Å². The lowest BCUT2D eigenvalue weighted by Crippen LogP contribution is -2.22. The number of ether oxygens (including phenoxy) is 3. The molecule has 4 rings (SSSR count). The maximum atomic E-state index is 13.2. The monoisotopic (exact) mass is 374 g/mol. The largest absolute Gasteiger partial charge is 0.497 e. The Morgan fingerprint density at radius 3 is 1.93 bits per heavy atom. The quantitative estimate of drug-likeness (QED) is 0.537. The molecule has 0 heterocycles. The number of ketones is 2. The topological polar surface area (TPSA) is 61.8 Å². The first-order valence-corrected chi connectivity index (χ1v) is 8.72. The minimum Gasteiger partial charge on any atom is -0.497 e. The van der Waals surface area contributed by atoms with Crippen molar-refractivity contribution >= 4 is 11.6 Å². The molecule has 0 saturated carbocycles. The molecule has 1 aliphatic carbocycles. The van der Waals surface area contributed by atoms with Crippen molar-refractivity contribution in [2.75, 3.05) is 21.3 Å². The van der Waals surface area contributed by atoms with Gasteiger partial charge < -0.3 is 14.2 Å². The van der Waals surface area contributed by atoms with Crippen LogP contribution in [0, 0.1) is 0 Å². The predicted octanol–water partition coefficient (Wildman–Crippen LogP) is 4.15. The maximum Gasteiger partial charge on any atom is 0.201 e. The first kappa shape index (κ1) is 17.8. The van der Waals surface area contributed by atoms with Crippen molar-refractivity contribution in [2.45, 2.75) is 0 Å². The standard InChI is InChI=1S/C23H18O5/c1-26-15-9-7-13(8-10-15)14-11-17-21(19(12-14)28-3)23(25)20-16(22(17)24)5-4-6-18(20)27-2/h4-12H,1-3H3. The fourth-order valence-electron chi connectivity index (χ4n) is 3.53. The number of carbonyl (C=O) groups excluding carboxylic acids is 2. The van der Waals surface area contributed by atoms with Crippen molar-refractivity contribution < 1.29 is 23.8 Å². The van der Waals surface area contributed by atoms with E-state index in [-0.39, 0.29) is 22.7 Å². The highest BCUT2D eigenvalue weighted by atomic mass is 16.5. The summed E-state index contributed by atoms with van der Waals surface area (Å²) in [5.41, 5.74) is 2.88. The van der Waals surface area contributed by atoms with E-state index in [4.69, 9.17) is 14.2 Å². The Labute approximate surface area is 162 Å². The summed E-state index contributed by atoms with van der Waals surface area (Å²) in [6, 6.07) is 16.0. The Bertz CT molecular complexity index is 1100. The van der Waals surface area contributed by atoms with E-state index in [9.17, 15) is 9.59 Å². The molecule has 0 radical (unpaired) electrons. The van der Waals surface area contributed by atoms with Crippen molar-refractivity contribution in [3.8, 4) is 28.4 Å². The molecule has 3 aromatic carbocycles. The van der Waals surface area contributed by atoms with Gasteiger partial charge in [-0.05, 0) is 41.5 Å². The minimum atomic E-state index is -0.278. The number of hydrogen-bond donors (Lipinski definition) is 0. The number of carbonyl (C=O) groups is 2. The van der Waals surface area contributed by atoms with Gasteiger partial charge >= 0.3 is 0 Å². The molecule has 5 nitrogen and oxygen atoms in total. The summed E-state index contributed by atoms with van der Waals surface area (Å²) in [7, 11) is 4.57. The minimum absolute atomic E-state index is 0.225. The van der Waals surface area contributed by atoms with Crippen LogP contribution < -0.4 is 14.2 Å². The van der Waals surface area contributed by atoms with Crippen LogP contribution in [0.2, 0.25) is 0 Å². The first-order valence-electron chi connectivity index (χ1n) is 8.72. The summed E-state index contributed by atoms with van der Waals surface area (Å²) in [6.45, 7) is 0. The zero-order chi connectivity index (χ0) is 19.8. The van der Waals surface area contributed by atoms with E-state index in [2.05, 4.69) is 0 Å². The molecule has 0 unspecified atom stereocenters. The van der Waals surface area contributed by atoms with Crippen LogP contribution in [-0.4, -0.2) is 32.9 Å². The molecular weight excluding hydrogens is 356 g/mol. The summed E-state index contributed by atoms with van der Waals surface area (Å²) >= 11 is 0. The molecule has 3 aromatic rings. The Hall–Kier alpha value is -3.60. The van der Waals surface area contributed by atoms with Gasteiger partial charge in [0.2, 0.25) is 5.78 Å². The van der Waals surface area contributed by atoms with Crippen LogP contribution in [0.15, 0.2) is 54.6 Å². The third-order valence-electron chi connectivity index (χ3n) is 4.93. The molecule has 0 spiro atoms. The van der Waals surface area contributed by atoms with Crippen molar-refractivity contribution in [2.24, 2.45) is 0 Å². The Morgan fingerprint density at radius 2 is 1.29 bits per heavy atom. The van der Waals surface area contributed by atoms with Crippen LogP contribution in [0.5, 0.6) is 17.2 Å². The van der Waals surface area contributed by atoms with Crippen LogP contribution in [-0.2, 0) is 0 Å². The number of fused-ring (bicyclic) bond motifs is 2. The highest BCUT2D eigenvalue weighted by molar-refractivity contribution is 6.30. The van der Waals surface area contributed by atoms with Gasteiger partial charge in [-0.25, -0.2) is 0 Å². The SMILES string of the molecule is COc1ccc(-c2cc(OC)c3c(c2)C(=O)c2cccc(OC)c2C3=O)cc1. The van der Waals surface area contributed by atoms with Gasteiger partial charge in [0.05, 0.1) is 32.5 Å². The Morgan fingerprint density at radius 1 is 0.607 bits per heavy atom. The van der Waals surface area contributed by atoms with E-state index in [1.165, 1.54) is 14.2 Å². The van der Waals surface area contributed by atoms with Crippen molar-refractivity contribution in [1.82, 2.24) is 0 Å². The van der Waals surface area contributed by atoms with Crippen LogP contribution in [0.25, 0.3) is 11.1 Å². The van der Waals surface area contributed by atoms with Gasteiger partial charge in [-0.15, -0.1) is 0 Å². The summed E-state index contributed by atoms with van der Waals surface area (Å²) in [4.78, 5) is 26.4. The lowest BCUT2D eigenvalue weighted by molar-refractivity contribution is 0.0974. The number of rotatable bonds is 4. The molecule has 0 saturated heterocycles. The zero-order valence-electron chi connectivity index (χ0n) is 15.7. The van der Waals surface area contributed by atoms with Gasteiger partial charge in [0.15, 0.2) is 5.78 Å². The highest BCUT2D eigenvalue weighted by Crippen LogP contribution is 2.39. The lowest BCUT2D eigenvalue weighted by Gasteiger charge is -2.22. The van der Waals surface area contributed by atoms with Gasteiger partial charge in [0.1, 0.15) is 17.2 Å². The zero-order valence-corrected chi connectivity index (χ0v) is 15.7. The summed E-state index contributed by atoms with van der Waals surface area (Å²) in [6.07, 6.45) is 0. The molecule has 0 bridgehead atoms. The van der Waals surface area contributed by atoms with Gasteiger partial charge in [-0.2, -0.15) is 0 Å². The van der Waals surface area contributed by atoms with Crippen LogP contribution in [0.4, 0.5) is 0 Å². The number of benzene rings is 3. The van der Waals surface area contributed by atoms with Crippen LogP contribution in [0.1, 0.15) is 31.8 Å². The average Bonchev–Trinajstić information content (AvgIpc) is 2.76. The molecule has 28 heavy (non-hydrogen) atoms. The Balaban J connectivity index is 1.92. The third kappa shape index (κ3) is 2.63. The smallest absolute Gasteiger partial charge is 0.201 e. The predicted molar refractivity (Wildman–Crippen MR) is 105 cm³/mol. The summed E-state index contributed by atoms with van der Waals surface area (Å²) in [5, 5.41) is 0. The van der Waals surface area contributed by atoms with Crippen LogP contribution >= 0.6 is 0 Å². The molecule has 0 atom stereocenters. The van der Waals surface area contributed by atoms with Gasteiger partial charge in [0.25, 0.3) is 0 Å². The molecule has 1 aliphatic rings. The van der Waals surface area contributed by atoms with E-state index in [1.54, 1.807) is 37.4 Å². The fraction of sp³-hybridized carbons (Fsp3) is 0.130. The van der Waals surface area contributed by atoms with E-state index >= 15 is 0 Å². The summed E-state index contributed by atoms with van der Waals surface area (Å²) in [5.74, 6) is 0.972. The van der Waals surface area contributed by atoms with Crippen molar-refractivity contribution in [3.05, 3.63) is 76.9 Å². The van der Waals surface area contributed by atoms with E-state index < -0.39 is 0 Å². The fourth-order valence-corrected chi connectivity index (χ4v) is 3.53. The first-order chi connectivity index (χ1) is 13.6. The van der Waals surface area contributed by atoms with Crippen molar-refractivity contribution in [3.63, 3.8) is 0 Å². The second kappa shape index (κ2) is 6.85. The molecule has 140 valence electrons. The lowest BCUT2D eigenvalue weighted by atomic mass is 9.81. The molecule has 0 aromatic heterocycles. The number of methoxy groups -OCH3 is 3. The normalized spacial score (nSPS) is 12.2. The molecule has 0 amide bonds.